The Labute approximate surface area is 154 Å². The molecule has 1 atom stereocenters. The van der Waals surface area contributed by atoms with Gasteiger partial charge in [0.25, 0.3) is 0 Å². The number of benzene rings is 1. The highest BCUT2D eigenvalue weighted by molar-refractivity contribution is 7.09. The second kappa shape index (κ2) is 6.26. The molecular formula is C19H15N5OS. The third kappa shape index (κ3) is 3.04. The van der Waals surface area contributed by atoms with Gasteiger partial charge in [-0.15, -0.1) is 11.3 Å². The van der Waals surface area contributed by atoms with Crippen molar-refractivity contribution < 1.29 is 5.11 Å². The highest BCUT2D eigenvalue weighted by Crippen LogP contribution is 2.22. The smallest absolute Gasteiger partial charge is 0.221 e. The van der Waals surface area contributed by atoms with E-state index in [0.29, 0.717) is 5.01 Å². The monoisotopic (exact) mass is 361 g/mol. The van der Waals surface area contributed by atoms with Gasteiger partial charge in [-0.1, -0.05) is 11.8 Å². The SMILES string of the molecule is CC(O)(C#Cc1ccc(-n2ccc3cnc(N)nc32)cc1)c1nccs1. The van der Waals surface area contributed by atoms with Crippen LogP contribution in [0.25, 0.3) is 16.7 Å². The molecule has 0 aliphatic rings. The summed E-state index contributed by atoms with van der Waals surface area (Å²) in [4.78, 5) is 12.4. The van der Waals surface area contributed by atoms with E-state index in [1.165, 1.54) is 11.3 Å². The maximum Gasteiger partial charge on any atom is 0.221 e. The van der Waals surface area contributed by atoms with Crippen LogP contribution in [-0.4, -0.2) is 24.6 Å². The van der Waals surface area contributed by atoms with Crippen LogP contribution in [0.15, 0.2) is 54.3 Å². The number of nitrogens with zero attached hydrogens (tertiary/aromatic N) is 4. The summed E-state index contributed by atoms with van der Waals surface area (Å²) in [7, 11) is 0. The van der Waals surface area contributed by atoms with E-state index < -0.39 is 5.60 Å². The number of thiazole rings is 1. The third-order valence-corrected chi connectivity index (χ3v) is 4.87. The zero-order valence-electron chi connectivity index (χ0n) is 13.9. The molecule has 3 aromatic heterocycles. The van der Waals surface area contributed by atoms with E-state index in [-0.39, 0.29) is 5.95 Å². The van der Waals surface area contributed by atoms with Crippen LogP contribution >= 0.6 is 11.3 Å². The Kier molecular flexibility index (Phi) is 3.92. The number of fused-ring (bicyclic) bond motifs is 1. The Hall–Kier alpha value is -3.21. The molecule has 4 aromatic rings. The lowest BCUT2D eigenvalue weighted by atomic mass is 10.1. The van der Waals surface area contributed by atoms with E-state index in [2.05, 4.69) is 26.8 Å². The molecule has 0 amide bonds. The molecule has 1 aromatic carbocycles. The number of hydrogen-bond acceptors (Lipinski definition) is 6. The van der Waals surface area contributed by atoms with Crippen molar-refractivity contribution in [2.45, 2.75) is 12.5 Å². The van der Waals surface area contributed by atoms with Gasteiger partial charge in [-0.25, -0.2) is 9.97 Å². The lowest BCUT2D eigenvalue weighted by Crippen LogP contribution is -2.17. The second-order valence-corrected chi connectivity index (χ2v) is 6.79. The largest absolute Gasteiger partial charge is 0.371 e. The fraction of sp³-hybridized carbons (Fsp3) is 0.105. The Balaban J connectivity index is 1.63. The standard InChI is InChI=1S/C19H15N5OS/c1-19(25,17-21-9-11-26-17)8-6-13-2-4-15(5-3-13)24-10-7-14-12-22-18(20)23-16(14)24/h2-5,7,9-12,25H,1H3,(H2,20,22,23). The zero-order valence-corrected chi connectivity index (χ0v) is 14.7. The molecule has 3 N–H and O–H groups in total. The van der Waals surface area contributed by atoms with E-state index in [4.69, 9.17) is 5.73 Å². The van der Waals surface area contributed by atoms with Crippen molar-refractivity contribution in [1.82, 2.24) is 19.5 Å². The molecule has 6 nitrogen and oxygen atoms in total. The molecule has 128 valence electrons. The van der Waals surface area contributed by atoms with Gasteiger partial charge in [0, 0.05) is 40.6 Å². The van der Waals surface area contributed by atoms with Gasteiger partial charge >= 0.3 is 0 Å². The Morgan fingerprint density at radius 2 is 2.00 bits per heavy atom. The lowest BCUT2D eigenvalue weighted by Gasteiger charge is -2.12. The lowest BCUT2D eigenvalue weighted by molar-refractivity contribution is 0.122. The first-order valence-corrected chi connectivity index (χ1v) is 8.76. The van der Waals surface area contributed by atoms with E-state index in [1.54, 1.807) is 19.3 Å². The summed E-state index contributed by atoms with van der Waals surface area (Å²) in [6.45, 7) is 1.64. The van der Waals surface area contributed by atoms with Crippen molar-refractivity contribution in [1.29, 1.82) is 0 Å². The van der Waals surface area contributed by atoms with Gasteiger partial charge in [0.1, 0.15) is 10.7 Å². The van der Waals surface area contributed by atoms with E-state index >= 15 is 0 Å². The predicted octanol–water partition coefficient (Wildman–Crippen LogP) is 2.72. The molecule has 0 spiro atoms. The van der Waals surface area contributed by atoms with Crippen LogP contribution in [0.4, 0.5) is 5.95 Å². The number of rotatable bonds is 2. The van der Waals surface area contributed by atoms with Crippen molar-refractivity contribution in [2.75, 3.05) is 5.73 Å². The molecule has 0 saturated carbocycles. The van der Waals surface area contributed by atoms with E-state index in [9.17, 15) is 5.11 Å². The molecule has 0 radical (unpaired) electrons. The minimum atomic E-state index is -1.27. The first-order chi connectivity index (χ1) is 12.5. The molecule has 0 aliphatic heterocycles. The first kappa shape index (κ1) is 16.3. The zero-order chi connectivity index (χ0) is 18.1. The van der Waals surface area contributed by atoms with Crippen LogP contribution < -0.4 is 5.73 Å². The van der Waals surface area contributed by atoms with Crippen LogP contribution in [0.2, 0.25) is 0 Å². The van der Waals surface area contributed by atoms with Crippen LogP contribution in [0.3, 0.4) is 0 Å². The minimum Gasteiger partial charge on any atom is -0.371 e. The number of nitrogen functional groups attached to an aromatic ring is 1. The first-order valence-electron chi connectivity index (χ1n) is 7.88. The maximum absolute atomic E-state index is 10.4. The molecule has 4 rings (SSSR count). The van der Waals surface area contributed by atoms with Crippen LogP contribution in [0.5, 0.6) is 0 Å². The molecular weight excluding hydrogens is 346 g/mol. The highest BCUT2D eigenvalue weighted by atomic mass is 32.1. The van der Waals surface area contributed by atoms with Crippen molar-refractivity contribution in [2.24, 2.45) is 0 Å². The topological polar surface area (TPSA) is 89.8 Å². The molecule has 3 heterocycles. The van der Waals surface area contributed by atoms with Crippen molar-refractivity contribution in [3.05, 3.63) is 64.9 Å². The van der Waals surface area contributed by atoms with Gasteiger partial charge in [-0.05, 0) is 37.3 Å². The Morgan fingerprint density at radius 1 is 1.19 bits per heavy atom. The normalized spacial score (nSPS) is 13.2. The number of anilines is 1. The summed E-state index contributed by atoms with van der Waals surface area (Å²) in [5, 5.41) is 13.7. The average molecular weight is 361 g/mol. The summed E-state index contributed by atoms with van der Waals surface area (Å²) in [6, 6.07) is 9.63. The Morgan fingerprint density at radius 3 is 2.73 bits per heavy atom. The number of aliphatic hydroxyl groups is 1. The average Bonchev–Trinajstić information content (AvgIpc) is 3.30. The van der Waals surface area contributed by atoms with Gasteiger partial charge in [-0.2, -0.15) is 4.98 Å². The van der Waals surface area contributed by atoms with Crippen molar-refractivity contribution in [3.63, 3.8) is 0 Å². The van der Waals surface area contributed by atoms with Gasteiger partial charge in [0.05, 0.1) is 0 Å². The Bertz CT molecular complexity index is 1120. The van der Waals surface area contributed by atoms with Gasteiger partial charge in [0.2, 0.25) is 5.95 Å². The van der Waals surface area contributed by atoms with Gasteiger partial charge in [-0.3, -0.25) is 0 Å². The molecule has 7 heteroatoms. The molecule has 0 fully saturated rings. The van der Waals surface area contributed by atoms with Crippen LogP contribution in [0.1, 0.15) is 17.5 Å². The maximum atomic E-state index is 10.4. The van der Waals surface area contributed by atoms with Crippen molar-refractivity contribution in [3.8, 4) is 17.5 Å². The van der Waals surface area contributed by atoms with Gasteiger partial charge < -0.3 is 15.4 Å². The summed E-state index contributed by atoms with van der Waals surface area (Å²) in [5.41, 5.74) is 6.92. The summed E-state index contributed by atoms with van der Waals surface area (Å²) >= 11 is 1.38. The summed E-state index contributed by atoms with van der Waals surface area (Å²) < 4.78 is 1.94. The van der Waals surface area contributed by atoms with Crippen molar-refractivity contribution >= 4 is 28.3 Å². The third-order valence-electron chi connectivity index (χ3n) is 3.89. The summed E-state index contributed by atoms with van der Waals surface area (Å²) in [5.74, 6) is 6.12. The molecule has 26 heavy (non-hydrogen) atoms. The number of nitrogens with two attached hydrogens (primary N) is 1. The number of hydrogen-bond donors (Lipinski definition) is 2. The van der Waals surface area contributed by atoms with Gasteiger partial charge in [0.15, 0.2) is 5.60 Å². The summed E-state index contributed by atoms with van der Waals surface area (Å²) in [6.07, 6.45) is 5.28. The highest BCUT2D eigenvalue weighted by Gasteiger charge is 2.22. The molecule has 0 aliphatic carbocycles. The fourth-order valence-corrected chi connectivity index (χ4v) is 3.21. The van der Waals surface area contributed by atoms with E-state index in [1.807, 2.05) is 46.5 Å². The minimum absolute atomic E-state index is 0.240. The predicted molar refractivity (Wildman–Crippen MR) is 102 cm³/mol. The molecule has 0 saturated heterocycles. The van der Waals surface area contributed by atoms with Crippen LogP contribution in [-0.2, 0) is 5.60 Å². The molecule has 0 bridgehead atoms. The van der Waals surface area contributed by atoms with E-state index in [0.717, 1.165) is 22.3 Å². The number of aromatic nitrogens is 4. The molecule has 1 unspecified atom stereocenters. The van der Waals surface area contributed by atoms with Crippen LogP contribution in [0, 0.1) is 11.8 Å². The second-order valence-electron chi connectivity index (χ2n) is 5.90. The fourth-order valence-electron chi connectivity index (χ4n) is 2.56. The quantitative estimate of drug-likeness (QED) is 0.536.